The van der Waals surface area contributed by atoms with Gasteiger partial charge in [0.05, 0.1) is 11.8 Å². The van der Waals surface area contributed by atoms with Crippen LogP contribution in [0.5, 0.6) is 0 Å². The van der Waals surface area contributed by atoms with Crippen molar-refractivity contribution < 1.29 is 0 Å². The number of anilines is 1. The first-order valence-electron chi connectivity index (χ1n) is 5.83. The highest BCUT2D eigenvalue weighted by Crippen LogP contribution is 2.21. The van der Waals surface area contributed by atoms with Crippen LogP contribution in [0, 0.1) is 25.2 Å². The monoisotopic (exact) mass is 240 g/mol. The molecule has 0 aliphatic carbocycles. The Labute approximate surface area is 107 Å². The number of aryl methyl sites for hydroxylation is 3. The molecular formula is C14H16N4. The van der Waals surface area contributed by atoms with E-state index in [0.29, 0.717) is 0 Å². The van der Waals surface area contributed by atoms with Crippen molar-refractivity contribution in [2.75, 3.05) is 5.32 Å². The van der Waals surface area contributed by atoms with Gasteiger partial charge in [-0.1, -0.05) is 12.1 Å². The Hall–Kier alpha value is -2.28. The Morgan fingerprint density at radius 1 is 1.39 bits per heavy atom. The molecule has 1 aromatic heterocycles. The maximum atomic E-state index is 9.29. The van der Waals surface area contributed by atoms with Crippen LogP contribution < -0.4 is 5.32 Å². The first-order chi connectivity index (χ1) is 8.60. The van der Waals surface area contributed by atoms with E-state index in [9.17, 15) is 5.26 Å². The molecule has 0 radical (unpaired) electrons. The fraction of sp³-hybridized carbons (Fsp3) is 0.286. The van der Waals surface area contributed by atoms with Crippen molar-refractivity contribution in [3.63, 3.8) is 0 Å². The molecule has 92 valence electrons. The molecule has 1 atom stereocenters. The fourth-order valence-corrected chi connectivity index (χ4v) is 1.98. The number of benzene rings is 1. The number of aromatic nitrogens is 2. The number of nitriles is 1. The van der Waals surface area contributed by atoms with E-state index in [4.69, 9.17) is 0 Å². The van der Waals surface area contributed by atoms with Crippen LogP contribution in [0.4, 0.5) is 5.69 Å². The van der Waals surface area contributed by atoms with Gasteiger partial charge in [-0.15, -0.1) is 0 Å². The van der Waals surface area contributed by atoms with E-state index in [-0.39, 0.29) is 6.04 Å². The van der Waals surface area contributed by atoms with E-state index in [1.165, 1.54) is 5.56 Å². The summed E-state index contributed by atoms with van der Waals surface area (Å²) in [6.07, 6.45) is 1.88. The lowest BCUT2D eigenvalue weighted by Gasteiger charge is -2.12. The first-order valence-corrected chi connectivity index (χ1v) is 5.83. The SMILES string of the molecule is Cc1cccc(NC(C#N)c2cn(C)nc2C)c1. The molecule has 0 fully saturated rings. The van der Waals surface area contributed by atoms with Crippen molar-refractivity contribution in [3.05, 3.63) is 47.3 Å². The van der Waals surface area contributed by atoms with Crippen molar-refractivity contribution in [2.45, 2.75) is 19.9 Å². The van der Waals surface area contributed by atoms with E-state index < -0.39 is 0 Å². The highest BCUT2D eigenvalue weighted by molar-refractivity contribution is 5.49. The highest BCUT2D eigenvalue weighted by atomic mass is 15.3. The molecule has 0 spiro atoms. The summed E-state index contributed by atoms with van der Waals surface area (Å²) < 4.78 is 1.73. The van der Waals surface area contributed by atoms with E-state index in [1.807, 2.05) is 51.4 Å². The van der Waals surface area contributed by atoms with Gasteiger partial charge in [-0.2, -0.15) is 10.4 Å². The molecular weight excluding hydrogens is 224 g/mol. The number of hydrogen-bond acceptors (Lipinski definition) is 3. The Morgan fingerprint density at radius 2 is 2.17 bits per heavy atom. The topological polar surface area (TPSA) is 53.6 Å². The lowest BCUT2D eigenvalue weighted by Crippen LogP contribution is -2.09. The third-order valence-corrected chi connectivity index (χ3v) is 2.82. The molecule has 0 aliphatic heterocycles. The molecule has 0 saturated heterocycles. The summed E-state index contributed by atoms with van der Waals surface area (Å²) in [6.45, 7) is 3.94. The second-order valence-electron chi connectivity index (χ2n) is 4.42. The van der Waals surface area contributed by atoms with Gasteiger partial charge in [0.1, 0.15) is 6.04 Å². The summed E-state index contributed by atoms with van der Waals surface area (Å²) in [5.74, 6) is 0. The fourth-order valence-electron chi connectivity index (χ4n) is 1.98. The maximum Gasteiger partial charge on any atom is 0.143 e. The molecule has 2 aromatic rings. The minimum atomic E-state index is -0.375. The van der Waals surface area contributed by atoms with Crippen LogP contribution in [0.15, 0.2) is 30.5 Å². The van der Waals surface area contributed by atoms with E-state index >= 15 is 0 Å². The van der Waals surface area contributed by atoms with Crippen LogP contribution in [0.3, 0.4) is 0 Å². The molecule has 4 nitrogen and oxygen atoms in total. The van der Waals surface area contributed by atoms with Crippen LogP contribution in [0.1, 0.15) is 22.9 Å². The van der Waals surface area contributed by atoms with Gasteiger partial charge in [0.2, 0.25) is 0 Å². The molecule has 0 amide bonds. The smallest absolute Gasteiger partial charge is 0.143 e. The van der Waals surface area contributed by atoms with Crippen LogP contribution in [-0.2, 0) is 7.05 Å². The van der Waals surface area contributed by atoms with Gasteiger partial charge in [0.15, 0.2) is 0 Å². The quantitative estimate of drug-likeness (QED) is 0.897. The van der Waals surface area contributed by atoms with Crippen LogP contribution in [-0.4, -0.2) is 9.78 Å². The molecule has 1 aromatic carbocycles. The summed E-state index contributed by atoms with van der Waals surface area (Å²) in [7, 11) is 1.86. The summed E-state index contributed by atoms with van der Waals surface area (Å²) in [4.78, 5) is 0. The van der Waals surface area contributed by atoms with Gasteiger partial charge >= 0.3 is 0 Å². The van der Waals surface area contributed by atoms with E-state index in [1.54, 1.807) is 4.68 Å². The largest absolute Gasteiger partial charge is 0.366 e. The maximum absolute atomic E-state index is 9.29. The number of nitrogens with one attached hydrogen (secondary N) is 1. The van der Waals surface area contributed by atoms with Crippen molar-refractivity contribution in [1.29, 1.82) is 5.26 Å². The van der Waals surface area contributed by atoms with E-state index in [0.717, 1.165) is 16.9 Å². The number of nitrogens with zero attached hydrogens (tertiary/aromatic N) is 3. The third-order valence-electron chi connectivity index (χ3n) is 2.82. The van der Waals surface area contributed by atoms with E-state index in [2.05, 4.69) is 16.5 Å². The normalized spacial score (nSPS) is 11.9. The van der Waals surface area contributed by atoms with Gasteiger partial charge < -0.3 is 5.32 Å². The zero-order chi connectivity index (χ0) is 13.1. The zero-order valence-corrected chi connectivity index (χ0v) is 10.8. The van der Waals surface area contributed by atoms with Crippen molar-refractivity contribution in [3.8, 4) is 6.07 Å². The van der Waals surface area contributed by atoms with Gasteiger partial charge in [0, 0.05) is 24.5 Å². The van der Waals surface area contributed by atoms with Crippen molar-refractivity contribution in [2.24, 2.45) is 7.05 Å². The van der Waals surface area contributed by atoms with Gasteiger partial charge in [-0.25, -0.2) is 0 Å². The molecule has 2 rings (SSSR count). The summed E-state index contributed by atoms with van der Waals surface area (Å²) in [5.41, 5.74) is 3.91. The Balaban J connectivity index is 2.26. The van der Waals surface area contributed by atoms with Crippen LogP contribution in [0.25, 0.3) is 0 Å². The standard InChI is InChI=1S/C14H16N4/c1-10-5-4-6-12(7-10)16-14(8-15)13-9-18(3)17-11(13)2/h4-7,9,14,16H,1-3H3. The molecule has 18 heavy (non-hydrogen) atoms. The van der Waals surface area contributed by atoms with Gasteiger partial charge in [0.25, 0.3) is 0 Å². The average molecular weight is 240 g/mol. The first kappa shape index (κ1) is 12.2. The lowest BCUT2D eigenvalue weighted by molar-refractivity contribution is 0.756. The molecule has 0 aliphatic rings. The van der Waals surface area contributed by atoms with Crippen LogP contribution >= 0.6 is 0 Å². The summed E-state index contributed by atoms with van der Waals surface area (Å²) >= 11 is 0. The minimum Gasteiger partial charge on any atom is -0.366 e. The lowest BCUT2D eigenvalue weighted by atomic mass is 10.1. The molecule has 1 unspecified atom stereocenters. The predicted octanol–water partition coefficient (Wildman–Crippen LogP) is 2.71. The second kappa shape index (κ2) is 4.92. The summed E-state index contributed by atoms with van der Waals surface area (Å²) in [5, 5.41) is 16.8. The molecule has 0 saturated carbocycles. The van der Waals surface area contributed by atoms with Crippen molar-refractivity contribution in [1.82, 2.24) is 9.78 Å². The van der Waals surface area contributed by atoms with Gasteiger partial charge in [-0.05, 0) is 31.5 Å². The zero-order valence-electron chi connectivity index (χ0n) is 10.8. The van der Waals surface area contributed by atoms with Gasteiger partial charge in [-0.3, -0.25) is 4.68 Å². The van der Waals surface area contributed by atoms with Crippen molar-refractivity contribution >= 4 is 5.69 Å². The molecule has 0 bridgehead atoms. The predicted molar refractivity (Wildman–Crippen MR) is 71.1 cm³/mol. The average Bonchev–Trinajstić information content (AvgIpc) is 2.65. The summed E-state index contributed by atoms with van der Waals surface area (Å²) in [6, 6.07) is 9.89. The minimum absolute atomic E-state index is 0.375. The van der Waals surface area contributed by atoms with Crippen LogP contribution in [0.2, 0.25) is 0 Å². The third kappa shape index (κ3) is 2.51. The Bertz CT molecular complexity index is 592. The molecule has 4 heteroatoms. The molecule has 1 N–H and O–H groups in total. The number of hydrogen-bond donors (Lipinski definition) is 1. The Kier molecular flexibility index (Phi) is 3.33. The molecule has 1 heterocycles. The number of rotatable bonds is 3. The highest BCUT2D eigenvalue weighted by Gasteiger charge is 2.15. The Morgan fingerprint density at radius 3 is 2.72 bits per heavy atom. The second-order valence-corrected chi connectivity index (χ2v) is 4.42.